The molecule has 1 nitrogen and oxygen atoms in total. The van der Waals surface area contributed by atoms with Crippen LogP contribution in [0.5, 0.6) is 0 Å². The molecule has 30 heavy (non-hydrogen) atoms. The van der Waals surface area contributed by atoms with Gasteiger partial charge in [0.15, 0.2) is 0 Å². The molecule has 0 saturated carbocycles. The van der Waals surface area contributed by atoms with Crippen molar-refractivity contribution in [2.75, 3.05) is 0 Å². The lowest BCUT2D eigenvalue weighted by atomic mass is 9.63. The number of rotatable bonds is 4. The van der Waals surface area contributed by atoms with Gasteiger partial charge in [0.2, 0.25) is 0 Å². The van der Waals surface area contributed by atoms with Crippen LogP contribution in [-0.4, -0.2) is 4.98 Å². The van der Waals surface area contributed by atoms with Crippen LogP contribution in [0.1, 0.15) is 27.8 Å². The maximum atomic E-state index is 4.66. The predicted molar refractivity (Wildman–Crippen MR) is 125 cm³/mol. The molecule has 0 bridgehead atoms. The van der Waals surface area contributed by atoms with E-state index < -0.39 is 5.41 Å². The van der Waals surface area contributed by atoms with Gasteiger partial charge in [-0.1, -0.05) is 103 Å². The van der Waals surface area contributed by atoms with Crippen molar-refractivity contribution in [2.24, 2.45) is 0 Å². The van der Waals surface area contributed by atoms with Crippen molar-refractivity contribution in [2.45, 2.75) is 12.3 Å². The van der Waals surface area contributed by atoms with Crippen LogP contribution in [-0.2, 0) is 5.41 Å². The minimum Gasteiger partial charge on any atom is -0.256 e. The minimum absolute atomic E-state index is 0.448. The Kier molecular flexibility index (Phi) is 4.65. The average molecular weight is 386 g/mol. The van der Waals surface area contributed by atoms with Gasteiger partial charge in [-0.05, 0) is 46.9 Å². The van der Waals surface area contributed by atoms with E-state index in [4.69, 9.17) is 0 Å². The SMILES string of the molecule is Cc1ccccc1C(c1ccccc1)(c1ccccc1)c1ccnc2ccccc12. The Bertz CT molecular complexity index is 1250. The van der Waals surface area contributed by atoms with E-state index in [-0.39, 0.29) is 0 Å². The molecule has 1 aromatic heterocycles. The van der Waals surface area contributed by atoms with Gasteiger partial charge in [-0.3, -0.25) is 4.98 Å². The van der Waals surface area contributed by atoms with E-state index in [9.17, 15) is 0 Å². The molecule has 0 unspecified atom stereocenters. The van der Waals surface area contributed by atoms with E-state index in [1.54, 1.807) is 0 Å². The van der Waals surface area contributed by atoms with E-state index in [0.29, 0.717) is 0 Å². The highest BCUT2D eigenvalue weighted by Crippen LogP contribution is 2.47. The quantitative estimate of drug-likeness (QED) is 0.306. The average Bonchev–Trinajstić information content (AvgIpc) is 2.82. The van der Waals surface area contributed by atoms with Gasteiger partial charge in [-0.25, -0.2) is 0 Å². The van der Waals surface area contributed by atoms with E-state index in [2.05, 4.69) is 127 Å². The van der Waals surface area contributed by atoms with Crippen LogP contribution in [0.15, 0.2) is 121 Å². The number of aromatic nitrogens is 1. The first-order valence-electron chi connectivity index (χ1n) is 10.3. The van der Waals surface area contributed by atoms with Crippen LogP contribution in [0, 0.1) is 6.92 Å². The summed E-state index contributed by atoms with van der Waals surface area (Å²) in [4.78, 5) is 4.66. The van der Waals surface area contributed by atoms with Crippen LogP contribution in [0.25, 0.3) is 10.9 Å². The Labute approximate surface area is 177 Å². The maximum Gasteiger partial charge on any atom is 0.0711 e. The van der Waals surface area contributed by atoms with Gasteiger partial charge in [0, 0.05) is 11.6 Å². The maximum absolute atomic E-state index is 4.66. The third kappa shape index (κ3) is 2.83. The van der Waals surface area contributed by atoms with Gasteiger partial charge >= 0.3 is 0 Å². The summed E-state index contributed by atoms with van der Waals surface area (Å²) in [5.41, 5.74) is 6.88. The molecule has 0 N–H and O–H groups in total. The van der Waals surface area contributed by atoms with Crippen LogP contribution >= 0.6 is 0 Å². The number of pyridine rings is 1. The summed E-state index contributed by atoms with van der Waals surface area (Å²) in [5, 5.41) is 1.18. The second-order valence-corrected chi connectivity index (χ2v) is 7.67. The second-order valence-electron chi connectivity index (χ2n) is 7.67. The largest absolute Gasteiger partial charge is 0.256 e. The highest BCUT2D eigenvalue weighted by Gasteiger charge is 2.40. The molecule has 0 aliphatic rings. The smallest absolute Gasteiger partial charge is 0.0711 e. The highest BCUT2D eigenvalue weighted by atomic mass is 14.7. The molecular weight excluding hydrogens is 362 g/mol. The fraction of sp³-hybridized carbons (Fsp3) is 0.0690. The Morgan fingerprint density at radius 3 is 1.77 bits per heavy atom. The number of para-hydroxylation sites is 1. The van der Waals surface area contributed by atoms with Crippen molar-refractivity contribution in [3.05, 3.63) is 149 Å². The van der Waals surface area contributed by atoms with Gasteiger partial charge in [0.05, 0.1) is 10.9 Å². The van der Waals surface area contributed by atoms with Gasteiger partial charge < -0.3 is 0 Å². The first-order valence-corrected chi connectivity index (χ1v) is 10.3. The molecule has 144 valence electrons. The summed E-state index contributed by atoms with van der Waals surface area (Å²) in [6, 6.07) is 41.1. The van der Waals surface area contributed by atoms with Crippen molar-refractivity contribution < 1.29 is 0 Å². The highest BCUT2D eigenvalue weighted by molar-refractivity contribution is 5.86. The fourth-order valence-corrected chi connectivity index (χ4v) is 4.73. The summed E-state index contributed by atoms with van der Waals surface area (Å²) < 4.78 is 0. The van der Waals surface area contributed by atoms with Crippen molar-refractivity contribution in [3.63, 3.8) is 0 Å². The van der Waals surface area contributed by atoms with Crippen molar-refractivity contribution in [1.29, 1.82) is 0 Å². The molecule has 5 aromatic rings. The van der Waals surface area contributed by atoms with Crippen LogP contribution in [0.3, 0.4) is 0 Å². The van der Waals surface area contributed by atoms with E-state index in [1.165, 1.54) is 33.2 Å². The van der Waals surface area contributed by atoms with Crippen molar-refractivity contribution >= 4 is 10.9 Å². The minimum atomic E-state index is -0.448. The molecule has 0 aliphatic carbocycles. The summed E-state index contributed by atoms with van der Waals surface area (Å²) >= 11 is 0. The number of hydrogen-bond donors (Lipinski definition) is 0. The molecule has 0 spiro atoms. The van der Waals surface area contributed by atoms with Crippen LogP contribution < -0.4 is 0 Å². The van der Waals surface area contributed by atoms with Crippen molar-refractivity contribution in [1.82, 2.24) is 4.98 Å². The summed E-state index contributed by atoms with van der Waals surface area (Å²) in [7, 11) is 0. The normalized spacial score (nSPS) is 11.5. The van der Waals surface area contributed by atoms with E-state index >= 15 is 0 Å². The third-order valence-electron chi connectivity index (χ3n) is 6.02. The predicted octanol–water partition coefficient (Wildman–Crippen LogP) is 6.93. The molecule has 0 amide bonds. The molecule has 0 saturated heterocycles. The molecule has 0 aliphatic heterocycles. The number of aryl methyl sites for hydroxylation is 1. The summed E-state index contributed by atoms with van der Waals surface area (Å²) in [5.74, 6) is 0. The molecule has 0 atom stereocenters. The summed E-state index contributed by atoms with van der Waals surface area (Å²) in [6.07, 6.45) is 1.94. The van der Waals surface area contributed by atoms with Gasteiger partial charge in [-0.15, -0.1) is 0 Å². The monoisotopic (exact) mass is 385 g/mol. The molecule has 1 heteroatoms. The molecule has 0 radical (unpaired) electrons. The van der Waals surface area contributed by atoms with Gasteiger partial charge in [-0.2, -0.15) is 0 Å². The zero-order valence-electron chi connectivity index (χ0n) is 17.0. The molecule has 5 rings (SSSR count). The van der Waals surface area contributed by atoms with Crippen molar-refractivity contribution in [3.8, 4) is 0 Å². The molecular formula is C29H23N. The zero-order chi connectivity index (χ0) is 20.4. The zero-order valence-corrected chi connectivity index (χ0v) is 17.0. The standard InChI is InChI=1S/C29H23N/c1-22-12-8-10-18-26(22)29(23-13-4-2-5-14-23,24-15-6-3-7-16-24)27-20-21-30-28-19-11-9-17-25(27)28/h2-21H,1H3. The third-order valence-corrected chi connectivity index (χ3v) is 6.02. The molecule has 0 fully saturated rings. The van der Waals surface area contributed by atoms with Gasteiger partial charge in [0.25, 0.3) is 0 Å². The lowest BCUT2D eigenvalue weighted by Crippen LogP contribution is -2.32. The van der Waals surface area contributed by atoms with E-state index in [0.717, 1.165) is 5.52 Å². The van der Waals surface area contributed by atoms with Crippen LogP contribution in [0.4, 0.5) is 0 Å². The first-order chi connectivity index (χ1) is 14.8. The fourth-order valence-electron chi connectivity index (χ4n) is 4.73. The molecule has 4 aromatic carbocycles. The van der Waals surface area contributed by atoms with Gasteiger partial charge in [0.1, 0.15) is 0 Å². The first kappa shape index (κ1) is 18.3. The molecule has 1 heterocycles. The van der Waals surface area contributed by atoms with Crippen LogP contribution in [0.2, 0.25) is 0 Å². The number of hydrogen-bond acceptors (Lipinski definition) is 1. The Morgan fingerprint density at radius 1 is 0.533 bits per heavy atom. The number of benzene rings is 4. The second kappa shape index (κ2) is 7.61. The number of nitrogens with zero attached hydrogens (tertiary/aromatic N) is 1. The van der Waals surface area contributed by atoms with E-state index in [1.807, 2.05) is 6.20 Å². The lowest BCUT2D eigenvalue weighted by molar-refractivity contribution is 0.744. The Balaban J connectivity index is 2.02. The topological polar surface area (TPSA) is 12.9 Å². The lowest BCUT2D eigenvalue weighted by Gasteiger charge is -2.38. The Hall–Kier alpha value is -3.71. The Morgan fingerprint density at radius 2 is 1.10 bits per heavy atom. The number of fused-ring (bicyclic) bond motifs is 1. The summed E-state index contributed by atoms with van der Waals surface area (Å²) in [6.45, 7) is 2.21.